The van der Waals surface area contributed by atoms with Gasteiger partial charge < -0.3 is 15.2 Å². The first-order valence-electron chi connectivity index (χ1n) is 8.52. The van der Waals surface area contributed by atoms with Crippen LogP contribution in [0.25, 0.3) is 11.3 Å². The molecule has 0 bridgehead atoms. The zero-order chi connectivity index (χ0) is 20.2. The van der Waals surface area contributed by atoms with Gasteiger partial charge in [0.1, 0.15) is 12.4 Å². The van der Waals surface area contributed by atoms with E-state index in [9.17, 15) is 13.2 Å². The second kappa shape index (κ2) is 8.12. The maximum absolute atomic E-state index is 13.6. The van der Waals surface area contributed by atoms with Gasteiger partial charge in [-0.1, -0.05) is 13.8 Å². The van der Waals surface area contributed by atoms with Crippen LogP contribution in [0.15, 0.2) is 30.5 Å². The molecule has 1 atom stereocenters. The van der Waals surface area contributed by atoms with Gasteiger partial charge in [0, 0.05) is 17.3 Å². The number of hydrogen-bond donors (Lipinski definition) is 1. The molecule has 0 unspecified atom stereocenters. The number of nitrogens with zero attached hydrogens (tertiary/aromatic N) is 2. The minimum atomic E-state index is -4.58. The van der Waals surface area contributed by atoms with Gasteiger partial charge in [0.05, 0.1) is 18.4 Å². The molecule has 2 rings (SSSR count). The van der Waals surface area contributed by atoms with E-state index in [2.05, 4.69) is 9.97 Å². The standard InChI is InChI=1S/C19H24F3N3O2/c1-12(2)10-18(3,23)11-27-16-6-5-13(9-14(16)19(20,21)22)15-7-8-24-17(25-15)26-4/h5-9,12H,10-11,23H2,1-4H3/t18-/m0/s1. The predicted octanol–water partition coefficient (Wildman–Crippen LogP) is 4.31. The van der Waals surface area contributed by atoms with E-state index >= 15 is 0 Å². The highest BCUT2D eigenvalue weighted by atomic mass is 19.4. The smallest absolute Gasteiger partial charge is 0.419 e. The molecule has 8 heteroatoms. The molecule has 1 aromatic heterocycles. The molecule has 0 amide bonds. The van der Waals surface area contributed by atoms with E-state index in [1.54, 1.807) is 6.92 Å². The Morgan fingerprint density at radius 2 is 1.89 bits per heavy atom. The average Bonchev–Trinajstić information content (AvgIpc) is 2.58. The third-order valence-electron chi connectivity index (χ3n) is 3.83. The molecule has 0 spiro atoms. The third-order valence-corrected chi connectivity index (χ3v) is 3.83. The first kappa shape index (κ1) is 21.0. The lowest BCUT2D eigenvalue weighted by Crippen LogP contribution is -2.43. The van der Waals surface area contributed by atoms with Crippen LogP contribution in [0.1, 0.15) is 32.8 Å². The minimum Gasteiger partial charge on any atom is -0.491 e. The van der Waals surface area contributed by atoms with Gasteiger partial charge in [-0.3, -0.25) is 0 Å². The van der Waals surface area contributed by atoms with E-state index < -0.39 is 17.3 Å². The molecular weight excluding hydrogens is 359 g/mol. The average molecular weight is 383 g/mol. The van der Waals surface area contributed by atoms with Gasteiger partial charge in [-0.25, -0.2) is 4.98 Å². The van der Waals surface area contributed by atoms with Crippen LogP contribution in [0, 0.1) is 5.92 Å². The van der Waals surface area contributed by atoms with E-state index in [1.165, 1.54) is 31.5 Å². The van der Waals surface area contributed by atoms with Crippen LogP contribution < -0.4 is 15.2 Å². The fourth-order valence-corrected chi connectivity index (χ4v) is 2.87. The summed E-state index contributed by atoms with van der Waals surface area (Å²) in [6, 6.07) is 5.40. The summed E-state index contributed by atoms with van der Waals surface area (Å²) in [5.41, 5.74) is 5.14. The van der Waals surface area contributed by atoms with Crippen molar-refractivity contribution in [3.8, 4) is 23.0 Å². The van der Waals surface area contributed by atoms with Crippen molar-refractivity contribution in [1.29, 1.82) is 0 Å². The Bertz CT molecular complexity index is 777. The summed E-state index contributed by atoms with van der Waals surface area (Å²) in [6.07, 6.45) is -2.52. The second-order valence-corrected chi connectivity index (χ2v) is 7.18. The third kappa shape index (κ3) is 5.82. The van der Waals surface area contributed by atoms with Crippen LogP contribution in [0.5, 0.6) is 11.8 Å². The molecule has 2 aromatic rings. The number of hydrogen-bond acceptors (Lipinski definition) is 5. The van der Waals surface area contributed by atoms with Crippen LogP contribution in [-0.4, -0.2) is 29.2 Å². The van der Waals surface area contributed by atoms with Crippen molar-refractivity contribution in [2.75, 3.05) is 13.7 Å². The first-order valence-corrected chi connectivity index (χ1v) is 8.52. The largest absolute Gasteiger partial charge is 0.491 e. The minimum absolute atomic E-state index is 0.0189. The van der Waals surface area contributed by atoms with Crippen molar-refractivity contribution < 1.29 is 22.6 Å². The molecule has 0 aliphatic heterocycles. The molecule has 148 valence electrons. The van der Waals surface area contributed by atoms with Crippen molar-refractivity contribution in [2.45, 2.75) is 38.9 Å². The maximum atomic E-state index is 13.6. The van der Waals surface area contributed by atoms with Gasteiger partial charge in [-0.05, 0) is 43.5 Å². The Labute approximate surface area is 156 Å². The number of nitrogens with two attached hydrogens (primary N) is 1. The van der Waals surface area contributed by atoms with Crippen LogP contribution >= 0.6 is 0 Å². The zero-order valence-corrected chi connectivity index (χ0v) is 15.8. The molecule has 1 heterocycles. The van der Waals surface area contributed by atoms with E-state index in [0.717, 1.165) is 6.07 Å². The number of alkyl halides is 3. The van der Waals surface area contributed by atoms with Gasteiger partial charge in [0.15, 0.2) is 0 Å². The Balaban J connectivity index is 2.33. The summed E-state index contributed by atoms with van der Waals surface area (Å²) >= 11 is 0. The van der Waals surface area contributed by atoms with Crippen molar-refractivity contribution in [3.63, 3.8) is 0 Å². The molecule has 0 aliphatic carbocycles. The topological polar surface area (TPSA) is 70.3 Å². The van der Waals surface area contributed by atoms with E-state index in [0.29, 0.717) is 18.0 Å². The molecular formula is C19H24F3N3O2. The Morgan fingerprint density at radius 1 is 1.19 bits per heavy atom. The molecule has 0 fully saturated rings. The molecule has 27 heavy (non-hydrogen) atoms. The first-order chi connectivity index (χ1) is 12.5. The van der Waals surface area contributed by atoms with Crippen molar-refractivity contribution in [3.05, 3.63) is 36.0 Å². The predicted molar refractivity (Wildman–Crippen MR) is 96.6 cm³/mol. The lowest BCUT2D eigenvalue weighted by atomic mass is 9.93. The van der Waals surface area contributed by atoms with E-state index in [-0.39, 0.29) is 23.9 Å². The number of aromatic nitrogens is 2. The number of benzene rings is 1. The Hall–Kier alpha value is -2.35. The Kier molecular flexibility index (Phi) is 6.30. The van der Waals surface area contributed by atoms with E-state index in [1.807, 2.05) is 13.8 Å². The highest BCUT2D eigenvalue weighted by Gasteiger charge is 2.35. The van der Waals surface area contributed by atoms with Gasteiger partial charge >= 0.3 is 12.2 Å². The van der Waals surface area contributed by atoms with Crippen molar-refractivity contribution in [1.82, 2.24) is 9.97 Å². The molecule has 5 nitrogen and oxygen atoms in total. The number of rotatable bonds is 7. The summed E-state index contributed by atoms with van der Waals surface area (Å²) in [6.45, 7) is 5.74. The summed E-state index contributed by atoms with van der Waals surface area (Å²) in [5.74, 6) is 0.0495. The van der Waals surface area contributed by atoms with Gasteiger partial charge in [0.25, 0.3) is 0 Å². The fraction of sp³-hybridized carbons (Fsp3) is 0.474. The molecule has 2 N–H and O–H groups in total. The van der Waals surface area contributed by atoms with Gasteiger partial charge in [0.2, 0.25) is 0 Å². The SMILES string of the molecule is COc1nccc(-c2ccc(OC[C@@](C)(N)CC(C)C)c(C(F)(F)F)c2)n1. The molecule has 0 saturated carbocycles. The van der Waals surface area contributed by atoms with Crippen LogP contribution in [0.2, 0.25) is 0 Å². The molecule has 0 aliphatic rings. The number of halogens is 3. The highest BCUT2D eigenvalue weighted by molar-refractivity contribution is 5.62. The van der Waals surface area contributed by atoms with Crippen LogP contribution in [0.3, 0.4) is 0 Å². The molecule has 0 saturated heterocycles. The second-order valence-electron chi connectivity index (χ2n) is 7.18. The lowest BCUT2D eigenvalue weighted by molar-refractivity contribution is -0.139. The van der Waals surface area contributed by atoms with Crippen LogP contribution in [-0.2, 0) is 6.18 Å². The van der Waals surface area contributed by atoms with Crippen LogP contribution in [0.4, 0.5) is 13.2 Å². The summed E-state index contributed by atoms with van der Waals surface area (Å²) in [4.78, 5) is 7.93. The zero-order valence-electron chi connectivity index (χ0n) is 15.8. The molecule has 1 aromatic carbocycles. The number of methoxy groups -OCH3 is 1. The summed E-state index contributed by atoms with van der Waals surface area (Å²) in [5, 5.41) is 0. The Morgan fingerprint density at radius 3 is 2.48 bits per heavy atom. The summed E-state index contributed by atoms with van der Waals surface area (Å²) < 4.78 is 51.0. The quantitative estimate of drug-likeness (QED) is 0.771. The lowest BCUT2D eigenvalue weighted by Gasteiger charge is -2.27. The fourth-order valence-electron chi connectivity index (χ4n) is 2.87. The van der Waals surface area contributed by atoms with E-state index in [4.69, 9.17) is 15.2 Å². The molecule has 0 radical (unpaired) electrons. The van der Waals surface area contributed by atoms with Gasteiger partial charge in [-0.15, -0.1) is 0 Å². The normalized spacial score (nSPS) is 14.1. The van der Waals surface area contributed by atoms with Crippen molar-refractivity contribution in [2.24, 2.45) is 11.7 Å². The highest BCUT2D eigenvalue weighted by Crippen LogP contribution is 2.39. The summed E-state index contributed by atoms with van der Waals surface area (Å²) in [7, 11) is 1.39. The number of ether oxygens (including phenoxy) is 2. The maximum Gasteiger partial charge on any atom is 0.419 e. The van der Waals surface area contributed by atoms with Crippen molar-refractivity contribution >= 4 is 0 Å². The van der Waals surface area contributed by atoms with Gasteiger partial charge in [-0.2, -0.15) is 18.2 Å². The monoisotopic (exact) mass is 383 g/mol.